The molecule has 3 aromatic rings. The van der Waals surface area contributed by atoms with Gasteiger partial charge < -0.3 is 19.5 Å². The number of thioether (sulfide) groups is 2. The van der Waals surface area contributed by atoms with Crippen LogP contribution in [-0.2, 0) is 4.79 Å². The smallest absolute Gasteiger partial charge is 0.238 e. The number of nitrogens with one attached hydrogen (secondary N) is 1. The van der Waals surface area contributed by atoms with Gasteiger partial charge in [-0.1, -0.05) is 18.2 Å². The topological polar surface area (TPSA) is 86.8 Å². The molecule has 2 heterocycles. The van der Waals surface area contributed by atoms with Gasteiger partial charge in [0, 0.05) is 35.0 Å². The number of ether oxygens (including phenoxy) is 3. The summed E-state index contributed by atoms with van der Waals surface area (Å²) >= 11 is 3.35. The maximum absolute atomic E-state index is 13.2. The molecule has 0 saturated carbocycles. The minimum atomic E-state index is -0.224. The Morgan fingerprint density at radius 2 is 1.74 bits per heavy atom. The molecular formula is C25H24N2O5S2. The molecule has 9 heteroatoms. The number of aromatic nitrogens is 1. The first-order valence-electron chi connectivity index (χ1n) is 10.5. The van der Waals surface area contributed by atoms with Crippen LogP contribution in [-0.4, -0.2) is 49.0 Å². The van der Waals surface area contributed by atoms with Crippen LogP contribution in [0, 0.1) is 0 Å². The molecule has 1 aliphatic heterocycles. The average Bonchev–Trinajstić information content (AvgIpc) is 3.38. The third kappa shape index (κ3) is 5.15. The predicted octanol–water partition coefficient (Wildman–Crippen LogP) is 4.82. The quantitative estimate of drug-likeness (QED) is 0.444. The lowest BCUT2D eigenvalue weighted by Gasteiger charge is -2.14. The van der Waals surface area contributed by atoms with Gasteiger partial charge in [-0.05, 0) is 35.9 Å². The highest BCUT2D eigenvalue weighted by Crippen LogP contribution is 2.49. The summed E-state index contributed by atoms with van der Waals surface area (Å²) in [4.78, 5) is 30.3. The lowest BCUT2D eigenvalue weighted by atomic mass is 10.0. The van der Waals surface area contributed by atoms with Crippen LogP contribution >= 0.6 is 23.5 Å². The van der Waals surface area contributed by atoms with Crippen LogP contribution in [0.1, 0.15) is 26.1 Å². The van der Waals surface area contributed by atoms with Crippen molar-refractivity contribution in [2.45, 2.75) is 9.83 Å². The van der Waals surface area contributed by atoms with E-state index in [0.717, 1.165) is 5.56 Å². The number of carbonyl (C=O) groups excluding carboxylic acids is 2. The number of ketones is 1. The molecule has 7 nitrogen and oxygen atoms in total. The van der Waals surface area contributed by atoms with E-state index in [1.165, 1.54) is 21.3 Å². The summed E-state index contributed by atoms with van der Waals surface area (Å²) in [6.07, 6.45) is 3.58. The minimum Gasteiger partial charge on any atom is -0.493 e. The second-order valence-electron chi connectivity index (χ2n) is 7.39. The molecule has 1 aromatic heterocycles. The van der Waals surface area contributed by atoms with Gasteiger partial charge in [0.25, 0.3) is 0 Å². The number of carbonyl (C=O) groups is 2. The van der Waals surface area contributed by atoms with Crippen LogP contribution < -0.4 is 19.5 Å². The lowest BCUT2D eigenvalue weighted by molar-refractivity contribution is -0.115. The molecular weight excluding hydrogens is 472 g/mol. The fourth-order valence-electron chi connectivity index (χ4n) is 3.57. The fourth-order valence-corrected chi connectivity index (χ4v) is 6.68. The molecule has 0 radical (unpaired) electrons. The monoisotopic (exact) mass is 496 g/mol. The van der Waals surface area contributed by atoms with Crippen molar-refractivity contribution in [3.63, 3.8) is 0 Å². The minimum absolute atomic E-state index is 0.0822. The fraction of sp³-hybridized carbons (Fsp3) is 0.240. The summed E-state index contributed by atoms with van der Waals surface area (Å²) in [5.74, 6) is 1.61. The zero-order chi connectivity index (χ0) is 24.1. The van der Waals surface area contributed by atoms with Gasteiger partial charge in [-0.15, -0.1) is 23.5 Å². The van der Waals surface area contributed by atoms with Gasteiger partial charge in [0.2, 0.25) is 11.7 Å². The van der Waals surface area contributed by atoms with Crippen molar-refractivity contribution in [2.24, 2.45) is 0 Å². The van der Waals surface area contributed by atoms with Crippen molar-refractivity contribution >= 4 is 40.9 Å². The Bertz CT molecular complexity index is 1160. The number of anilines is 1. The summed E-state index contributed by atoms with van der Waals surface area (Å²) in [5, 5.41) is 2.77. The molecule has 1 saturated heterocycles. The van der Waals surface area contributed by atoms with E-state index in [4.69, 9.17) is 14.2 Å². The summed E-state index contributed by atoms with van der Waals surface area (Å²) in [6, 6.07) is 14.1. The first kappa shape index (κ1) is 24.0. The number of hydrogen-bond acceptors (Lipinski definition) is 8. The first-order valence-corrected chi connectivity index (χ1v) is 12.5. The standard InChI is InChI=1S/C25H24N2O5S2/c1-30-19-11-17(12-20(31-2)23(19)32-3)22(28)15-6-4-8-18(10-15)27-24(29)21-14-33-25(34-21)16-7-5-9-26-13-16/h4-13,21,25H,14H2,1-3H3,(H,27,29). The summed E-state index contributed by atoms with van der Waals surface area (Å²) in [7, 11) is 4.51. The highest BCUT2D eigenvalue weighted by Gasteiger charge is 2.32. The molecule has 0 aliphatic carbocycles. The van der Waals surface area contributed by atoms with Crippen molar-refractivity contribution in [1.82, 2.24) is 4.98 Å². The van der Waals surface area contributed by atoms with Crippen LogP contribution in [0.15, 0.2) is 60.9 Å². The highest BCUT2D eigenvalue weighted by atomic mass is 32.2. The maximum atomic E-state index is 13.2. The molecule has 0 bridgehead atoms. The van der Waals surface area contributed by atoms with E-state index in [-0.39, 0.29) is 21.5 Å². The van der Waals surface area contributed by atoms with Gasteiger partial charge in [0.15, 0.2) is 17.3 Å². The van der Waals surface area contributed by atoms with Crippen LogP contribution in [0.5, 0.6) is 17.2 Å². The normalized spacial score (nSPS) is 17.1. The number of rotatable bonds is 8. The molecule has 1 amide bonds. The molecule has 34 heavy (non-hydrogen) atoms. The third-order valence-corrected chi connectivity index (χ3v) is 8.54. The lowest BCUT2D eigenvalue weighted by Crippen LogP contribution is -2.25. The Labute approximate surface area is 206 Å². The number of benzene rings is 2. The van der Waals surface area contributed by atoms with Gasteiger partial charge >= 0.3 is 0 Å². The van der Waals surface area contributed by atoms with Crippen molar-refractivity contribution in [1.29, 1.82) is 0 Å². The van der Waals surface area contributed by atoms with Gasteiger partial charge in [0.1, 0.15) is 0 Å². The van der Waals surface area contributed by atoms with Crippen molar-refractivity contribution in [3.8, 4) is 17.2 Å². The van der Waals surface area contributed by atoms with E-state index in [9.17, 15) is 9.59 Å². The molecule has 176 valence electrons. The molecule has 4 rings (SSSR count). The van der Waals surface area contributed by atoms with E-state index in [0.29, 0.717) is 39.8 Å². The van der Waals surface area contributed by atoms with Crippen molar-refractivity contribution in [2.75, 3.05) is 32.4 Å². The second kappa shape index (κ2) is 10.8. The van der Waals surface area contributed by atoms with Crippen LogP contribution in [0.25, 0.3) is 0 Å². The molecule has 2 atom stereocenters. The van der Waals surface area contributed by atoms with Gasteiger partial charge in [-0.3, -0.25) is 14.6 Å². The van der Waals surface area contributed by atoms with Crippen molar-refractivity contribution in [3.05, 3.63) is 77.6 Å². The molecule has 1 fully saturated rings. The third-order valence-electron chi connectivity index (χ3n) is 5.26. The zero-order valence-corrected chi connectivity index (χ0v) is 20.6. The molecule has 1 N–H and O–H groups in total. The highest BCUT2D eigenvalue weighted by molar-refractivity contribution is 8.20. The Morgan fingerprint density at radius 1 is 0.971 bits per heavy atom. The van der Waals surface area contributed by atoms with E-state index in [2.05, 4.69) is 10.3 Å². The van der Waals surface area contributed by atoms with Gasteiger partial charge in [-0.2, -0.15) is 0 Å². The van der Waals surface area contributed by atoms with Crippen LogP contribution in [0.2, 0.25) is 0 Å². The Kier molecular flexibility index (Phi) is 7.64. The Hall–Kier alpha value is -3.17. The number of hydrogen-bond donors (Lipinski definition) is 1. The van der Waals surface area contributed by atoms with Crippen LogP contribution in [0.3, 0.4) is 0 Å². The molecule has 2 aromatic carbocycles. The van der Waals surface area contributed by atoms with E-state index >= 15 is 0 Å². The Balaban J connectivity index is 1.48. The van der Waals surface area contributed by atoms with E-state index in [1.807, 2.05) is 18.3 Å². The van der Waals surface area contributed by atoms with E-state index in [1.54, 1.807) is 66.1 Å². The average molecular weight is 497 g/mol. The predicted molar refractivity (Wildman–Crippen MR) is 135 cm³/mol. The van der Waals surface area contributed by atoms with Gasteiger partial charge in [-0.25, -0.2) is 0 Å². The molecule has 2 unspecified atom stereocenters. The van der Waals surface area contributed by atoms with Crippen molar-refractivity contribution < 1.29 is 23.8 Å². The second-order valence-corrected chi connectivity index (χ2v) is 10.1. The largest absolute Gasteiger partial charge is 0.493 e. The van der Waals surface area contributed by atoms with Crippen LogP contribution in [0.4, 0.5) is 5.69 Å². The summed E-state index contributed by atoms with van der Waals surface area (Å²) in [5.41, 5.74) is 2.50. The SMILES string of the molecule is COc1cc(C(=O)c2cccc(NC(=O)C3CSC(c4cccnc4)S3)c2)cc(OC)c1OC. The number of methoxy groups -OCH3 is 3. The zero-order valence-electron chi connectivity index (χ0n) is 18.9. The summed E-state index contributed by atoms with van der Waals surface area (Å²) in [6.45, 7) is 0. The molecule has 0 spiro atoms. The first-order chi connectivity index (χ1) is 16.5. The van der Waals surface area contributed by atoms with Gasteiger partial charge in [0.05, 0.1) is 31.2 Å². The molecule has 1 aliphatic rings. The van der Waals surface area contributed by atoms with E-state index < -0.39 is 0 Å². The maximum Gasteiger partial charge on any atom is 0.238 e. The number of pyridine rings is 1. The Morgan fingerprint density at radius 3 is 2.38 bits per heavy atom. The number of nitrogens with zero attached hydrogens (tertiary/aromatic N) is 1. The summed E-state index contributed by atoms with van der Waals surface area (Å²) < 4.78 is 16.2. The number of amides is 1.